The molecule has 4 nitrogen and oxygen atoms in total. The number of halogens is 2. The highest BCUT2D eigenvalue weighted by molar-refractivity contribution is 6.38. The average molecular weight is 272 g/mol. The zero-order valence-corrected chi connectivity index (χ0v) is 10.2. The zero-order valence-electron chi connectivity index (χ0n) is 8.70. The summed E-state index contributed by atoms with van der Waals surface area (Å²) in [6.45, 7) is 1.52. The van der Waals surface area contributed by atoms with Crippen molar-refractivity contribution in [1.29, 1.82) is 0 Å². The molecule has 1 aromatic carbocycles. The van der Waals surface area contributed by atoms with Crippen LogP contribution in [0.1, 0.15) is 16.2 Å². The van der Waals surface area contributed by atoms with Crippen LogP contribution in [0.3, 0.4) is 0 Å². The molecule has 6 heteroatoms. The Hall–Kier alpha value is -1.52. The van der Waals surface area contributed by atoms with Gasteiger partial charge in [0.15, 0.2) is 5.69 Å². The number of aryl methyl sites for hydroxylation is 1. The first kappa shape index (κ1) is 12.0. The third kappa shape index (κ3) is 2.14. The van der Waals surface area contributed by atoms with Crippen molar-refractivity contribution < 1.29 is 14.3 Å². The molecule has 0 amide bonds. The molecule has 0 bridgehead atoms. The SMILES string of the molecule is Cc1oc(-c2c(Cl)cccc2Cl)nc1C(=O)O. The number of benzene rings is 1. The molecule has 0 radical (unpaired) electrons. The van der Waals surface area contributed by atoms with E-state index < -0.39 is 5.97 Å². The molecule has 88 valence electrons. The monoisotopic (exact) mass is 271 g/mol. The Morgan fingerprint density at radius 1 is 1.35 bits per heavy atom. The molecule has 0 unspecified atom stereocenters. The van der Waals surface area contributed by atoms with Gasteiger partial charge < -0.3 is 9.52 Å². The van der Waals surface area contributed by atoms with Crippen LogP contribution in [0.15, 0.2) is 22.6 Å². The summed E-state index contributed by atoms with van der Waals surface area (Å²) in [4.78, 5) is 14.7. The lowest BCUT2D eigenvalue weighted by molar-refractivity contribution is 0.0689. The van der Waals surface area contributed by atoms with E-state index in [0.717, 1.165) is 0 Å². The number of carboxylic acid groups (broad SMARTS) is 1. The molecule has 2 rings (SSSR count). The van der Waals surface area contributed by atoms with E-state index in [1.807, 2.05) is 0 Å². The maximum atomic E-state index is 10.8. The summed E-state index contributed by atoms with van der Waals surface area (Å²) in [7, 11) is 0. The fraction of sp³-hybridized carbons (Fsp3) is 0.0909. The van der Waals surface area contributed by atoms with E-state index in [9.17, 15) is 4.79 Å². The highest BCUT2D eigenvalue weighted by Gasteiger charge is 2.20. The molecule has 0 spiro atoms. The number of aromatic carboxylic acids is 1. The Bertz CT molecular complexity index is 572. The van der Waals surface area contributed by atoms with Gasteiger partial charge in [-0.3, -0.25) is 0 Å². The van der Waals surface area contributed by atoms with Gasteiger partial charge in [0.1, 0.15) is 5.76 Å². The van der Waals surface area contributed by atoms with Crippen molar-refractivity contribution in [2.45, 2.75) is 6.92 Å². The minimum atomic E-state index is -1.15. The highest BCUT2D eigenvalue weighted by Crippen LogP contribution is 2.34. The molecular weight excluding hydrogens is 265 g/mol. The predicted octanol–water partition coefficient (Wildman–Crippen LogP) is 3.66. The van der Waals surface area contributed by atoms with Gasteiger partial charge in [0.25, 0.3) is 0 Å². The van der Waals surface area contributed by atoms with Gasteiger partial charge in [-0.2, -0.15) is 0 Å². The zero-order chi connectivity index (χ0) is 12.6. The smallest absolute Gasteiger partial charge is 0.358 e. The van der Waals surface area contributed by atoms with Crippen LogP contribution < -0.4 is 0 Å². The summed E-state index contributed by atoms with van der Waals surface area (Å²) in [5, 5.41) is 9.59. The average Bonchev–Trinajstić information content (AvgIpc) is 2.60. The van der Waals surface area contributed by atoms with Crippen LogP contribution in [0, 0.1) is 6.92 Å². The molecule has 0 aliphatic heterocycles. The summed E-state index contributed by atoms with van der Waals surface area (Å²) in [5.41, 5.74) is 0.252. The van der Waals surface area contributed by atoms with Crippen LogP contribution in [0.2, 0.25) is 10.0 Å². The second-order valence-electron chi connectivity index (χ2n) is 3.33. The molecule has 0 fully saturated rings. The summed E-state index contributed by atoms with van der Waals surface area (Å²) >= 11 is 11.9. The molecule has 1 aromatic heterocycles. The Labute approximate surface area is 107 Å². The lowest BCUT2D eigenvalue weighted by Gasteiger charge is -2.01. The van der Waals surface area contributed by atoms with Gasteiger partial charge in [0, 0.05) is 0 Å². The van der Waals surface area contributed by atoms with Crippen LogP contribution in [0.4, 0.5) is 0 Å². The van der Waals surface area contributed by atoms with E-state index in [0.29, 0.717) is 15.6 Å². The second-order valence-corrected chi connectivity index (χ2v) is 4.14. The van der Waals surface area contributed by atoms with Gasteiger partial charge in [-0.25, -0.2) is 9.78 Å². The van der Waals surface area contributed by atoms with Crippen molar-refractivity contribution in [2.75, 3.05) is 0 Å². The normalized spacial score (nSPS) is 10.5. The number of oxazole rings is 1. The van der Waals surface area contributed by atoms with Gasteiger partial charge in [-0.1, -0.05) is 29.3 Å². The first-order valence-electron chi connectivity index (χ1n) is 4.66. The van der Waals surface area contributed by atoms with Crippen molar-refractivity contribution in [1.82, 2.24) is 4.98 Å². The van der Waals surface area contributed by atoms with Gasteiger partial charge in [0.05, 0.1) is 15.6 Å². The van der Waals surface area contributed by atoms with Crippen molar-refractivity contribution >= 4 is 29.2 Å². The standard InChI is InChI=1S/C11H7Cl2NO3/c1-5-9(11(15)16)14-10(17-5)8-6(12)3-2-4-7(8)13/h2-4H,1H3,(H,15,16). The van der Waals surface area contributed by atoms with E-state index in [2.05, 4.69) is 4.98 Å². The second kappa shape index (κ2) is 4.39. The first-order valence-corrected chi connectivity index (χ1v) is 5.41. The third-order valence-electron chi connectivity index (χ3n) is 2.18. The number of nitrogens with zero attached hydrogens (tertiary/aromatic N) is 1. The maximum absolute atomic E-state index is 10.8. The van der Waals surface area contributed by atoms with Crippen molar-refractivity contribution in [3.63, 3.8) is 0 Å². The predicted molar refractivity (Wildman–Crippen MR) is 63.7 cm³/mol. The van der Waals surface area contributed by atoms with Crippen LogP contribution in [0.5, 0.6) is 0 Å². The molecule has 0 atom stereocenters. The summed E-state index contributed by atoms with van der Waals surface area (Å²) in [5.74, 6) is -0.834. The number of aromatic nitrogens is 1. The minimum Gasteiger partial charge on any atom is -0.476 e. The molecule has 2 aromatic rings. The summed E-state index contributed by atoms with van der Waals surface area (Å²) in [6, 6.07) is 4.94. The van der Waals surface area contributed by atoms with Crippen LogP contribution >= 0.6 is 23.2 Å². The van der Waals surface area contributed by atoms with Crippen molar-refractivity contribution in [3.8, 4) is 11.5 Å². The highest BCUT2D eigenvalue weighted by atomic mass is 35.5. The number of hydrogen-bond donors (Lipinski definition) is 1. The van der Waals surface area contributed by atoms with Crippen molar-refractivity contribution in [2.24, 2.45) is 0 Å². The fourth-order valence-electron chi connectivity index (χ4n) is 1.40. The lowest BCUT2D eigenvalue weighted by Crippen LogP contribution is -1.98. The third-order valence-corrected chi connectivity index (χ3v) is 2.81. The quantitative estimate of drug-likeness (QED) is 0.906. The molecule has 0 saturated heterocycles. The molecule has 17 heavy (non-hydrogen) atoms. The van der Waals surface area contributed by atoms with Crippen LogP contribution in [-0.4, -0.2) is 16.1 Å². The van der Waals surface area contributed by atoms with E-state index in [1.165, 1.54) is 6.92 Å². The molecule has 0 aliphatic rings. The minimum absolute atomic E-state index is 0.107. The van der Waals surface area contributed by atoms with E-state index in [-0.39, 0.29) is 17.3 Å². The summed E-state index contributed by atoms with van der Waals surface area (Å²) in [6.07, 6.45) is 0. The molecule has 0 aliphatic carbocycles. The van der Waals surface area contributed by atoms with Gasteiger partial charge >= 0.3 is 5.97 Å². The lowest BCUT2D eigenvalue weighted by atomic mass is 10.2. The Morgan fingerprint density at radius 2 is 1.94 bits per heavy atom. The molecule has 1 N–H and O–H groups in total. The largest absolute Gasteiger partial charge is 0.476 e. The maximum Gasteiger partial charge on any atom is 0.358 e. The Morgan fingerprint density at radius 3 is 2.41 bits per heavy atom. The topological polar surface area (TPSA) is 63.3 Å². The van der Waals surface area contributed by atoms with E-state index >= 15 is 0 Å². The van der Waals surface area contributed by atoms with Crippen molar-refractivity contribution in [3.05, 3.63) is 39.7 Å². The van der Waals surface area contributed by atoms with Gasteiger partial charge in [0.2, 0.25) is 5.89 Å². The van der Waals surface area contributed by atoms with Crippen LogP contribution in [0.25, 0.3) is 11.5 Å². The Balaban J connectivity index is 2.62. The number of carbonyl (C=O) groups is 1. The summed E-state index contributed by atoms with van der Waals surface area (Å²) < 4.78 is 5.26. The van der Waals surface area contributed by atoms with Crippen LogP contribution in [-0.2, 0) is 0 Å². The number of rotatable bonds is 2. The fourth-order valence-corrected chi connectivity index (χ4v) is 1.96. The molecular formula is C11H7Cl2NO3. The van der Waals surface area contributed by atoms with Gasteiger partial charge in [-0.05, 0) is 19.1 Å². The van der Waals surface area contributed by atoms with E-state index in [1.54, 1.807) is 18.2 Å². The van der Waals surface area contributed by atoms with E-state index in [4.69, 9.17) is 32.7 Å². The van der Waals surface area contributed by atoms with Gasteiger partial charge in [-0.15, -0.1) is 0 Å². The molecule has 1 heterocycles. The number of hydrogen-bond acceptors (Lipinski definition) is 3. The first-order chi connectivity index (χ1) is 8.00. The molecule has 0 saturated carbocycles. The number of carboxylic acids is 1. The Kier molecular flexibility index (Phi) is 3.09.